The van der Waals surface area contributed by atoms with Crippen molar-refractivity contribution in [3.05, 3.63) is 29.8 Å². The number of benzene rings is 1. The number of nitrogens with one attached hydrogen (secondary N) is 1. The molecule has 1 aromatic rings. The molecule has 24 heavy (non-hydrogen) atoms. The lowest BCUT2D eigenvalue weighted by molar-refractivity contribution is -0.0373. The third kappa shape index (κ3) is 3.84. The topological polar surface area (TPSA) is 49.0 Å². The molecule has 0 aliphatic carbocycles. The van der Waals surface area contributed by atoms with Crippen molar-refractivity contribution in [1.29, 1.82) is 0 Å². The minimum atomic E-state index is -0.323. The first kappa shape index (κ1) is 17.1. The van der Waals surface area contributed by atoms with Gasteiger partial charge in [0.1, 0.15) is 5.60 Å². The predicted octanol–water partition coefficient (Wildman–Crippen LogP) is 3.69. The average Bonchev–Trinajstić information content (AvgIpc) is 3.24. The Morgan fingerprint density at radius 3 is 2.75 bits per heavy atom. The van der Waals surface area contributed by atoms with Gasteiger partial charge in [-0.2, -0.15) is 0 Å². The standard InChI is InChI=1S/C19H27NO4/c1-3-5-10-23-18-12-15(6-7-17(18)22-9-4-2)16-13-19(24-20-16)8-11-21-14-19/h6-7,12-13,20H,3-5,8-11,14H2,1-2H3. The van der Waals surface area contributed by atoms with E-state index in [-0.39, 0.29) is 5.60 Å². The van der Waals surface area contributed by atoms with Crippen molar-refractivity contribution in [1.82, 2.24) is 5.48 Å². The second-order valence-electron chi connectivity index (χ2n) is 6.34. The largest absolute Gasteiger partial charge is 0.490 e. The van der Waals surface area contributed by atoms with Crippen LogP contribution in [-0.2, 0) is 9.57 Å². The molecule has 2 aliphatic heterocycles. The minimum absolute atomic E-state index is 0.323. The molecule has 1 atom stereocenters. The van der Waals surface area contributed by atoms with Crippen molar-refractivity contribution >= 4 is 5.70 Å². The lowest BCUT2D eigenvalue weighted by Gasteiger charge is -2.15. The Hall–Kier alpha value is -1.72. The summed E-state index contributed by atoms with van der Waals surface area (Å²) in [6.45, 7) is 6.97. The van der Waals surface area contributed by atoms with Crippen LogP contribution in [0.15, 0.2) is 24.3 Å². The number of hydrogen-bond acceptors (Lipinski definition) is 5. The van der Waals surface area contributed by atoms with Gasteiger partial charge in [-0.05, 0) is 37.1 Å². The zero-order valence-electron chi connectivity index (χ0n) is 14.6. The van der Waals surface area contributed by atoms with Crippen molar-refractivity contribution in [2.75, 3.05) is 26.4 Å². The molecule has 0 radical (unpaired) electrons. The predicted molar refractivity (Wildman–Crippen MR) is 93.0 cm³/mol. The Labute approximate surface area is 143 Å². The molecule has 1 unspecified atom stereocenters. The third-order valence-corrected chi connectivity index (χ3v) is 4.26. The summed E-state index contributed by atoms with van der Waals surface area (Å²) in [5.74, 6) is 1.59. The Balaban J connectivity index is 1.79. The third-order valence-electron chi connectivity index (χ3n) is 4.26. The van der Waals surface area contributed by atoms with Crippen LogP contribution in [0.3, 0.4) is 0 Å². The van der Waals surface area contributed by atoms with Gasteiger partial charge in [0.05, 0.1) is 25.5 Å². The van der Waals surface area contributed by atoms with Crippen molar-refractivity contribution < 1.29 is 19.0 Å². The zero-order valence-corrected chi connectivity index (χ0v) is 14.6. The van der Waals surface area contributed by atoms with E-state index >= 15 is 0 Å². The molecule has 1 spiro atoms. The quantitative estimate of drug-likeness (QED) is 0.735. The highest BCUT2D eigenvalue weighted by Gasteiger charge is 2.39. The van der Waals surface area contributed by atoms with Gasteiger partial charge in [-0.25, -0.2) is 0 Å². The molecule has 2 heterocycles. The van der Waals surface area contributed by atoms with Crippen LogP contribution in [0.4, 0.5) is 0 Å². The molecule has 5 heteroatoms. The van der Waals surface area contributed by atoms with Gasteiger partial charge in [-0.15, -0.1) is 0 Å². The van der Waals surface area contributed by atoms with Crippen LogP contribution in [-0.4, -0.2) is 32.0 Å². The number of unbranched alkanes of at least 4 members (excludes halogenated alkanes) is 1. The van der Waals surface area contributed by atoms with Crippen LogP contribution < -0.4 is 15.0 Å². The van der Waals surface area contributed by atoms with E-state index < -0.39 is 0 Å². The van der Waals surface area contributed by atoms with Gasteiger partial charge in [0.2, 0.25) is 0 Å². The molecule has 132 valence electrons. The Kier molecular flexibility index (Phi) is 5.63. The summed E-state index contributed by atoms with van der Waals surface area (Å²) in [7, 11) is 0. The van der Waals surface area contributed by atoms with Crippen molar-refractivity contribution in [3.63, 3.8) is 0 Å². The summed E-state index contributed by atoms with van der Waals surface area (Å²) in [6.07, 6.45) is 6.11. The monoisotopic (exact) mass is 333 g/mol. The van der Waals surface area contributed by atoms with E-state index in [1.807, 2.05) is 18.2 Å². The van der Waals surface area contributed by atoms with E-state index in [9.17, 15) is 0 Å². The van der Waals surface area contributed by atoms with Crippen LogP contribution >= 0.6 is 0 Å². The van der Waals surface area contributed by atoms with E-state index in [1.165, 1.54) is 0 Å². The highest BCUT2D eigenvalue weighted by atomic mass is 16.7. The van der Waals surface area contributed by atoms with Gasteiger partial charge in [0.25, 0.3) is 0 Å². The molecule has 0 saturated carbocycles. The first-order valence-electron chi connectivity index (χ1n) is 8.91. The number of hydrogen-bond donors (Lipinski definition) is 1. The van der Waals surface area contributed by atoms with E-state index in [2.05, 4.69) is 25.4 Å². The fourth-order valence-electron chi connectivity index (χ4n) is 2.82. The fraction of sp³-hybridized carbons (Fsp3) is 0.579. The summed E-state index contributed by atoms with van der Waals surface area (Å²) in [5, 5.41) is 0. The average molecular weight is 333 g/mol. The van der Waals surface area contributed by atoms with Gasteiger partial charge < -0.3 is 14.2 Å². The highest BCUT2D eigenvalue weighted by Crippen LogP contribution is 2.36. The SMILES string of the molecule is CCCCOc1cc(C2=CC3(CCOC3)ON2)ccc1OCCC. The summed E-state index contributed by atoms with van der Waals surface area (Å²) in [5.41, 5.74) is 4.72. The van der Waals surface area contributed by atoms with Gasteiger partial charge in [-0.1, -0.05) is 20.3 Å². The van der Waals surface area contributed by atoms with Crippen LogP contribution in [0.1, 0.15) is 45.1 Å². The molecule has 0 bridgehead atoms. The lowest BCUT2D eigenvalue weighted by atomic mass is 10.0. The van der Waals surface area contributed by atoms with Crippen molar-refractivity contribution in [2.24, 2.45) is 0 Å². The molecule has 1 aromatic carbocycles. The summed E-state index contributed by atoms with van der Waals surface area (Å²) in [6, 6.07) is 6.04. The van der Waals surface area contributed by atoms with E-state index in [0.717, 1.165) is 55.0 Å². The molecular formula is C19H27NO4. The first-order valence-corrected chi connectivity index (χ1v) is 8.91. The first-order chi connectivity index (χ1) is 11.8. The summed E-state index contributed by atoms with van der Waals surface area (Å²) >= 11 is 0. The second kappa shape index (κ2) is 7.90. The van der Waals surface area contributed by atoms with E-state index in [4.69, 9.17) is 19.0 Å². The minimum Gasteiger partial charge on any atom is -0.490 e. The Morgan fingerprint density at radius 2 is 2.00 bits per heavy atom. The molecular weight excluding hydrogens is 306 g/mol. The van der Waals surface area contributed by atoms with Crippen LogP contribution in [0.2, 0.25) is 0 Å². The number of rotatable bonds is 8. The molecule has 2 aliphatic rings. The highest BCUT2D eigenvalue weighted by molar-refractivity contribution is 5.68. The van der Waals surface area contributed by atoms with Gasteiger partial charge in [0.15, 0.2) is 11.5 Å². The van der Waals surface area contributed by atoms with Gasteiger partial charge in [-0.3, -0.25) is 10.3 Å². The Bertz CT molecular complexity index is 579. The maximum atomic E-state index is 5.95. The fourth-order valence-corrected chi connectivity index (χ4v) is 2.82. The maximum Gasteiger partial charge on any atom is 0.161 e. The zero-order chi connectivity index (χ0) is 16.8. The van der Waals surface area contributed by atoms with Crippen LogP contribution in [0, 0.1) is 0 Å². The molecule has 5 nitrogen and oxygen atoms in total. The normalized spacial score (nSPS) is 22.5. The van der Waals surface area contributed by atoms with E-state index in [0.29, 0.717) is 19.8 Å². The van der Waals surface area contributed by atoms with Gasteiger partial charge in [0, 0.05) is 18.6 Å². The number of ether oxygens (including phenoxy) is 3. The molecule has 1 saturated heterocycles. The summed E-state index contributed by atoms with van der Waals surface area (Å²) in [4.78, 5) is 5.76. The number of hydroxylamine groups is 1. The van der Waals surface area contributed by atoms with Crippen LogP contribution in [0.25, 0.3) is 5.70 Å². The lowest BCUT2D eigenvalue weighted by Crippen LogP contribution is -2.29. The molecule has 0 aromatic heterocycles. The summed E-state index contributed by atoms with van der Waals surface area (Å²) < 4.78 is 17.2. The molecule has 1 N–H and O–H groups in total. The van der Waals surface area contributed by atoms with Crippen molar-refractivity contribution in [2.45, 2.75) is 45.1 Å². The van der Waals surface area contributed by atoms with Crippen molar-refractivity contribution in [3.8, 4) is 11.5 Å². The molecule has 0 amide bonds. The molecule has 1 fully saturated rings. The van der Waals surface area contributed by atoms with Gasteiger partial charge >= 0.3 is 0 Å². The smallest absolute Gasteiger partial charge is 0.161 e. The molecule has 3 rings (SSSR count). The Morgan fingerprint density at radius 1 is 1.12 bits per heavy atom. The van der Waals surface area contributed by atoms with E-state index in [1.54, 1.807) is 0 Å². The maximum absolute atomic E-state index is 5.95. The second-order valence-corrected chi connectivity index (χ2v) is 6.34. The van der Waals surface area contributed by atoms with Crippen LogP contribution in [0.5, 0.6) is 11.5 Å².